The van der Waals surface area contributed by atoms with E-state index in [0.29, 0.717) is 11.4 Å². The van der Waals surface area contributed by atoms with Gasteiger partial charge in [0.05, 0.1) is 5.71 Å². The number of nitrogens with one attached hydrogen (secondary N) is 2. The van der Waals surface area contributed by atoms with E-state index < -0.39 is 11.8 Å². The van der Waals surface area contributed by atoms with Crippen molar-refractivity contribution in [3.63, 3.8) is 0 Å². The van der Waals surface area contributed by atoms with Crippen LogP contribution < -0.4 is 10.7 Å². The Hall–Kier alpha value is -2.95. The van der Waals surface area contributed by atoms with Gasteiger partial charge in [0.2, 0.25) is 0 Å². The molecule has 0 spiro atoms. The van der Waals surface area contributed by atoms with Gasteiger partial charge < -0.3 is 5.32 Å². The summed E-state index contributed by atoms with van der Waals surface area (Å²) in [5.41, 5.74) is 6.78. The lowest BCUT2D eigenvalue weighted by Crippen LogP contribution is -2.32. The number of nitrogens with zero attached hydrogens (tertiary/aromatic N) is 1. The molecule has 0 atom stereocenters. The molecule has 2 amide bonds. The number of carbonyl (C=O) groups is 2. The van der Waals surface area contributed by atoms with Crippen molar-refractivity contribution in [3.05, 3.63) is 65.2 Å². The molecule has 0 aliphatic heterocycles. The van der Waals surface area contributed by atoms with Gasteiger partial charge in [-0.25, -0.2) is 5.43 Å². The maximum Gasteiger partial charge on any atom is 0.329 e. The summed E-state index contributed by atoms with van der Waals surface area (Å²) in [4.78, 5) is 23.8. The summed E-state index contributed by atoms with van der Waals surface area (Å²) in [7, 11) is 0. The number of hydrazone groups is 1. The lowest BCUT2D eigenvalue weighted by molar-refractivity contribution is -0.136. The number of amides is 2. The molecule has 2 aromatic carbocycles. The second kappa shape index (κ2) is 9.51. The number of carbonyl (C=O) groups excluding carboxylic acids is 2. The lowest BCUT2D eigenvalue weighted by atomic mass is 10.0. The first kappa shape index (κ1) is 19.4. The Morgan fingerprint density at radius 3 is 2.23 bits per heavy atom. The van der Waals surface area contributed by atoms with Gasteiger partial charge in [-0.15, -0.1) is 0 Å². The molecular formula is C21H25N3O2. The standard InChI is InChI=1S/C21H25N3O2/c1-4-5-6-17-9-11-18(12-10-17)16(3)23-24-21(26)20(25)22-19-13-7-15(2)8-14-19/h7-14H,4-6H2,1-3H3,(H,22,25)(H,24,26)/b23-16-. The van der Waals surface area contributed by atoms with Gasteiger partial charge in [-0.05, 0) is 49.9 Å². The fourth-order valence-corrected chi connectivity index (χ4v) is 2.37. The second-order valence-corrected chi connectivity index (χ2v) is 6.26. The van der Waals surface area contributed by atoms with Crippen molar-refractivity contribution < 1.29 is 9.59 Å². The molecule has 0 radical (unpaired) electrons. The van der Waals surface area contributed by atoms with Gasteiger partial charge in [-0.2, -0.15) is 5.10 Å². The number of hydrogen-bond acceptors (Lipinski definition) is 3. The van der Waals surface area contributed by atoms with E-state index >= 15 is 0 Å². The van der Waals surface area contributed by atoms with Crippen LogP contribution in [0.1, 0.15) is 43.4 Å². The SMILES string of the molecule is CCCCc1ccc(/C(C)=N\NC(=O)C(=O)Nc2ccc(C)cc2)cc1. The van der Waals surface area contributed by atoms with Crippen LogP contribution in [0.25, 0.3) is 0 Å². The Balaban J connectivity index is 1.91. The van der Waals surface area contributed by atoms with Gasteiger partial charge in [0, 0.05) is 5.69 Å². The monoisotopic (exact) mass is 351 g/mol. The molecule has 0 saturated heterocycles. The summed E-state index contributed by atoms with van der Waals surface area (Å²) in [6.45, 7) is 5.91. The van der Waals surface area contributed by atoms with Crippen LogP contribution in [0.5, 0.6) is 0 Å². The third-order valence-electron chi connectivity index (χ3n) is 4.03. The highest BCUT2D eigenvalue weighted by atomic mass is 16.2. The minimum Gasteiger partial charge on any atom is -0.318 e. The summed E-state index contributed by atoms with van der Waals surface area (Å²) in [6.07, 6.45) is 3.39. The van der Waals surface area contributed by atoms with E-state index in [4.69, 9.17) is 0 Å². The minimum absolute atomic E-state index is 0.569. The van der Waals surface area contributed by atoms with Crippen LogP contribution in [-0.4, -0.2) is 17.5 Å². The Morgan fingerprint density at radius 2 is 1.62 bits per heavy atom. The highest BCUT2D eigenvalue weighted by Crippen LogP contribution is 2.09. The molecule has 0 heterocycles. The van der Waals surface area contributed by atoms with E-state index in [1.807, 2.05) is 31.2 Å². The molecule has 2 aromatic rings. The summed E-state index contributed by atoms with van der Waals surface area (Å²) in [5.74, 6) is -1.55. The largest absolute Gasteiger partial charge is 0.329 e. The summed E-state index contributed by atoms with van der Waals surface area (Å²) in [5, 5.41) is 6.56. The first-order chi connectivity index (χ1) is 12.5. The van der Waals surface area contributed by atoms with E-state index in [2.05, 4.69) is 34.9 Å². The van der Waals surface area contributed by atoms with E-state index in [9.17, 15) is 9.59 Å². The number of benzene rings is 2. The molecule has 0 saturated carbocycles. The molecule has 2 rings (SSSR count). The normalized spacial score (nSPS) is 11.1. The number of unbranched alkanes of at least 4 members (excludes halogenated alkanes) is 1. The van der Waals surface area contributed by atoms with Gasteiger partial charge in [-0.1, -0.05) is 55.3 Å². The maximum atomic E-state index is 11.9. The van der Waals surface area contributed by atoms with Crippen LogP contribution in [-0.2, 0) is 16.0 Å². The smallest absolute Gasteiger partial charge is 0.318 e. The molecular weight excluding hydrogens is 326 g/mol. The Kier molecular flexibility index (Phi) is 7.09. The quantitative estimate of drug-likeness (QED) is 0.472. The molecule has 136 valence electrons. The molecule has 5 nitrogen and oxygen atoms in total. The van der Waals surface area contributed by atoms with E-state index in [1.165, 1.54) is 18.4 Å². The van der Waals surface area contributed by atoms with Crippen LogP contribution in [0.3, 0.4) is 0 Å². The van der Waals surface area contributed by atoms with E-state index in [-0.39, 0.29) is 0 Å². The summed E-state index contributed by atoms with van der Waals surface area (Å²) in [6, 6.07) is 15.3. The summed E-state index contributed by atoms with van der Waals surface area (Å²) >= 11 is 0. The summed E-state index contributed by atoms with van der Waals surface area (Å²) < 4.78 is 0. The number of rotatable bonds is 6. The van der Waals surface area contributed by atoms with Crippen LogP contribution >= 0.6 is 0 Å². The Bertz CT molecular complexity index is 778. The molecule has 0 bridgehead atoms. The Morgan fingerprint density at radius 1 is 0.962 bits per heavy atom. The fraction of sp³-hybridized carbons (Fsp3) is 0.286. The first-order valence-electron chi connectivity index (χ1n) is 8.81. The first-order valence-corrected chi connectivity index (χ1v) is 8.81. The van der Waals surface area contributed by atoms with E-state index in [0.717, 1.165) is 17.5 Å². The van der Waals surface area contributed by atoms with Gasteiger partial charge in [-0.3, -0.25) is 9.59 Å². The van der Waals surface area contributed by atoms with Crippen molar-refractivity contribution in [2.24, 2.45) is 5.10 Å². The number of aryl methyl sites for hydroxylation is 2. The van der Waals surface area contributed by atoms with Crippen molar-refractivity contribution in [1.82, 2.24) is 5.43 Å². The van der Waals surface area contributed by atoms with Crippen LogP contribution in [0.4, 0.5) is 5.69 Å². The van der Waals surface area contributed by atoms with Gasteiger partial charge in [0.1, 0.15) is 0 Å². The average Bonchev–Trinajstić information content (AvgIpc) is 2.66. The second-order valence-electron chi connectivity index (χ2n) is 6.26. The topological polar surface area (TPSA) is 70.6 Å². The lowest BCUT2D eigenvalue weighted by Gasteiger charge is -2.06. The highest BCUT2D eigenvalue weighted by Gasteiger charge is 2.13. The van der Waals surface area contributed by atoms with Crippen molar-refractivity contribution >= 4 is 23.2 Å². The van der Waals surface area contributed by atoms with Crippen LogP contribution in [0.2, 0.25) is 0 Å². The molecule has 0 fully saturated rings. The predicted molar refractivity (Wildman–Crippen MR) is 105 cm³/mol. The molecule has 2 N–H and O–H groups in total. The molecule has 0 aliphatic rings. The van der Waals surface area contributed by atoms with Gasteiger partial charge in [0.25, 0.3) is 0 Å². The number of anilines is 1. The molecule has 5 heteroatoms. The third-order valence-corrected chi connectivity index (χ3v) is 4.03. The van der Waals surface area contributed by atoms with Gasteiger partial charge >= 0.3 is 11.8 Å². The zero-order valence-electron chi connectivity index (χ0n) is 15.5. The minimum atomic E-state index is -0.801. The highest BCUT2D eigenvalue weighted by molar-refractivity contribution is 6.39. The maximum absolute atomic E-state index is 11.9. The number of hydrogen-bond donors (Lipinski definition) is 2. The zero-order chi connectivity index (χ0) is 18.9. The fourth-order valence-electron chi connectivity index (χ4n) is 2.37. The molecule has 0 aromatic heterocycles. The Labute approximate surface area is 154 Å². The van der Waals surface area contributed by atoms with Crippen molar-refractivity contribution in [2.75, 3.05) is 5.32 Å². The van der Waals surface area contributed by atoms with Crippen molar-refractivity contribution in [3.8, 4) is 0 Å². The predicted octanol–water partition coefficient (Wildman–Crippen LogP) is 3.82. The molecule has 0 unspecified atom stereocenters. The third kappa shape index (κ3) is 5.84. The van der Waals surface area contributed by atoms with Crippen LogP contribution in [0.15, 0.2) is 53.6 Å². The average molecular weight is 351 g/mol. The van der Waals surface area contributed by atoms with Crippen LogP contribution in [0, 0.1) is 6.92 Å². The van der Waals surface area contributed by atoms with E-state index in [1.54, 1.807) is 19.1 Å². The van der Waals surface area contributed by atoms with Gasteiger partial charge in [0.15, 0.2) is 0 Å². The van der Waals surface area contributed by atoms with Crippen molar-refractivity contribution in [2.45, 2.75) is 40.0 Å². The molecule has 26 heavy (non-hydrogen) atoms. The molecule has 0 aliphatic carbocycles. The van der Waals surface area contributed by atoms with Crippen molar-refractivity contribution in [1.29, 1.82) is 0 Å². The zero-order valence-corrected chi connectivity index (χ0v) is 15.5.